The number of esters is 1. The Hall–Kier alpha value is -2.90. The van der Waals surface area contributed by atoms with Gasteiger partial charge in [0.2, 0.25) is 5.95 Å². The number of anilines is 2. The van der Waals surface area contributed by atoms with Gasteiger partial charge in [-0.15, -0.1) is 0 Å². The molecule has 8 nitrogen and oxygen atoms in total. The number of carbonyl (C=O) groups excluding carboxylic acids is 1. The Balaban J connectivity index is 2.19. The molecule has 0 radical (unpaired) electrons. The first-order valence-electron chi connectivity index (χ1n) is 6.51. The Morgan fingerprint density at radius 3 is 2.55 bits per heavy atom. The van der Waals surface area contributed by atoms with Gasteiger partial charge < -0.3 is 29.9 Å². The van der Waals surface area contributed by atoms with Crippen molar-refractivity contribution < 1.29 is 24.9 Å². The summed E-state index contributed by atoms with van der Waals surface area (Å²) in [6.07, 6.45) is 2.21. The molecule has 0 saturated carbocycles. The fourth-order valence-corrected chi connectivity index (χ4v) is 2.02. The molecule has 0 spiro atoms. The average Bonchev–Trinajstić information content (AvgIpc) is 2.92. The number of aromatic amines is 1. The predicted octanol–water partition coefficient (Wildman–Crippen LogP) is 1.40. The second-order valence-electron chi connectivity index (χ2n) is 4.70. The molecule has 2 rings (SSSR count). The summed E-state index contributed by atoms with van der Waals surface area (Å²) in [7, 11) is 2.92. The van der Waals surface area contributed by atoms with E-state index in [9.17, 15) is 20.1 Å². The summed E-state index contributed by atoms with van der Waals surface area (Å²) < 4.78 is 4.56. The minimum Gasteiger partial charge on any atom is -0.508 e. The minimum absolute atomic E-state index is 0.103. The smallest absolute Gasteiger partial charge is 0.305 e. The second kappa shape index (κ2) is 6.25. The van der Waals surface area contributed by atoms with E-state index in [0.29, 0.717) is 18.1 Å². The van der Waals surface area contributed by atoms with Crippen molar-refractivity contribution in [3.63, 3.8) is 0 Å². The van der Waals surface area contributed by atoms with Crippen molar-refractivity contribution in [1.82, 2.24) is 9.97 Å². The number of hydrogen-bond donors (Lipinski definition) is 4. The van der Waals surface area contributed by atoms with E-state index < -0.39 is 0 Å². The molecule has 1 aromatic heterocycles. The molecule has 0 aliphatic heterocycles. The Morgan fingerprint density at radius 2 is 1.95 bits per heavy atom. The largest absolute Gasteiger partial charge is 0.508 e. The number of carbonyl (C=O) groups is 1. The van der Waals surface area contributed by atoms with Crippen LogP contribution in [-0.4, -0.2) is 45.4 Å². The van der Waals surface area contributed by atoms with Crippen LogP contribution in [0, 0.1) is 0 Å². The lowest BCUT2D eigenvalue weighted by Gasteiger charge is -2.18. The van der Waals surface area contributed by atoms with Crippen molar-refractivity contribution >= 4 is 17.6 Å². The van der Waals surface area contributed by atoms with E-state index in [1.54, 1.807) is 13.2 Å². The zero-order valence-electron chi connectivity index (χ0n) is 12.2. The van der Waals surface area contributed by atoms with Crippen LogP contribution in [0.15, 0.2) is 18.3 Å². The Kier molecular flexibility index (Phi) is 4.40. The van der Waals surface area contributed by atoms with Crippen LogP contribution in [-0.2, 0) is 16.0 Å². The number of H-pyrrole nitrogens is 1. The van der Waals surface area contributed by atoms with Gasteiger partial charge in [0, 0.05) is 24.9 Å². The third-order valence-corrected chi connectivity index (χ3v) is 3.15. The SMILES string of the molecule is COC(=O)CCc1cnc(N(C)c2c(O)cc(O)cc2O)[nH]1. The van der Waals surface area contributed by atoms with Gasteiger partial charge in [-0.1, -0.05) is 0 Å². The Bertz CT molecular complexity index is 660. The van der Waals surface area contributed by atoms with E-state index >= 15 is 0 Å². The first-order valence-corrected chi connectivity index (χ1v) is 6.51. The van der Waals surface area contributed by atoms with Gasteiger partial charge in [0.05, 0.1) is 19.7 Å². The Labute approximate surface area is 126 Å². The molecular formula is C14H17N3O5. The quantitative estimate of drug-likeness (QED) is 0.616. The van der Waals surface area contributed by atoms with Gasteiger partial charge >= 0.3 is 5.97 Å². The summed E-state index contributed by atoms with van der Waals surface area (Å²) in [5.74, 6) is -0.764. The first-order chi connectivity index (χ1) is 10.4. The summed E-state index contributed by atoms with van der Waals surface area (Å²) >= 11 is 0. The van der Waals surface area contributed by atoms with E-state index in [2.05, 4.69) is 14.7 Å². The number of rotatable bonds is 5. The number of benzene rings is 1. The van der Waals surface area contributed by atoms with Crippen LogP contribution in [0.3, 0.4) is 0 Å². The van der Waals surface area contributed by atoms with Crippen molar-refractivity contribution in [2.45, 2.75) is 12.8 Å². The van der Waals surface area contributed by atoms with Gasteiger partial charge in [0.15, 0.2) is 0 Å². The lowest BCUT2D eigenvalue weighted by Crippen LogP contribution is -2.11. The van der Waals surface area contributed by atoms with Crippen LogP contribution in [0.1, 0.15) is 12.1 Å². The number of nitrogens with one attached hydrogen (secondary N) is 1. The van der Waals surface area contributed by atoms with Gasteiger partial charge in [-0.2, -0.15) is 0 Å². The molecule has 0 aliphatic rings. The summed E-state index contributed by atoms with van der Waals surface area (Å²) in [4.78, 5) is 19.7. The fourth-order valence-electron chi connectivity index (χ4n) is 2.02. The first kappa shape index (κ1) is 15.5. The van der Waals surface area contributed by atoms with Crippen molar-refractivity contribution in [3.8, 4) is 17.2 Å². The highest BCUT2D eigenvalue weighted by Gasteiger charge is 2.18. The number of hydrogen-bond acceptors (Lipinski definition) is 7. The van der Waals surface area contributed by atoms with Crippen molar-refractivity contribution in [1.29, 1.82) is 0 Å². The van der Waals surface area contributed by atoms with E-state index in [4.69, 9.17) is 0 Å². The molecule has 0 unspecified atom stereocenters. The minimum atomic E-state index is -0.321. The predicted molar refractivity (Wildman–Crippen MR) is 78.4 cm³/mol. The standard InChI is InChI=1S/C14H17N3O5/c1-17(13-10(19)5-9(18)6-11(13)20)14-15-7-8(16-14)3-4-12(21)22-2/h5-7,18-20H,3-4H2,1-2H3,(H,15,16). The lowest BCUT2D eigenvalue weighted by atomic mass is 10.2. The van der Waals surface area contributed by atoms with Crippen molar-refractivity contribution in [2.24, 2.45) is 0 Å². The number of aromatic nitrogens is 2. The highest BCUT2D eigenvalue weighted by atomic mass is 16.5. The third kappa shape index (κ3) is 3.22. The molecule has 2 aromatic rings. The molecule has 0 amide bonds. The molecule has 4 N–H and O–H groups in total. The highest BCUT2D eigenvalue weighted by Crippen LogP contribution is 2.41. The number of methoxy groups -OCH3 is 1. The van der Waals surface area contributed by atoms with Crippen LogP contribution < -0.4 is 4.90 Å². The molecule has 0 atom stereocenters. The number of aromatic hydroxyl groups is 3. The zero-order valence-corrected chi connectivity index (χ0v) is 12.2. The molecule has 0 saturated heterocycles. The van der Waals surface area contributed by atoms with E-state index in [1.807, 2.05) is 0 Å². The second-order valence-corrected chi connectivity index (χ2v) is 4.70. The van der Waals surface area contributed by atoms with Crippen molar-refractivity contribution in [3.05, 3.63) is 24.0 Å². The molecule has 1 heterocycles. The van der Waals surface area contributed by atoms with Crippen LogP contribution in [0.4, 0.5) is 11.6 Å². The molecular weight excluding hydrogens is 290 g/mol. The number of ether oxygens (including phenoxy) is 1. The van der Waals surface area contributed by atoms with Crippen molar-refractivity contribution in [2.75, 3.05) is 19.1 Å². The van der Waals surface area contributed by atoms with E-state index in [1.165, 1.54) is 12.0 Å². The average molecular weight is 307 g/mol. The van der Waals surface area contributed by atoms with E-state index in [0.717, 1.165) is 12.1 Å². The number of phenolic OH excluding ortho intramolecular Hbond substituents is 3. The molecule has 0 fully saturated rings. The fraction of sp³-hybridized carbons (Fsp3) is 0.286. The van der Waals surface area contributed by atoms with Gasteiger partial charge in [-0.25, -0.2) is 4.98 Å². The number of aryl methyl sites for hydroxylation is 1. The Morgan fingerprint density at radius 1 is 1.32 bits per heavy atom. The summed E-state index contributed by atoms with van der Waals surface area (Å²) in [5, 5.41) is 29.0. The molecule has 0 bridgehead atoms. The number of phenols is 3. The van der Waals surface area contributed by atoms with Gasteiger partial charge in [0.1, 0.15) is 22.9 Å². The summed E-state index contributed by atoms with van der Waals surface area (Å²) in [5.41, 5.74) is 0.816. The van der Waals surface area contributed by atoms with Crippen LogP contribution in [0.5, 0.6) is 17.2 Å². The van der Waals surface area contributed by atoms with Gasteiger partial charge in [0.25, 0.3) is 0 Å². The third-order valence-electron chi connectivity index (χ3n) is 3.15. The monoisotopic (exact) mass is 307 g/mol. The summed E-state index contributed by atoms with van der Waals surface area (Å²) in [6, 6.07) is 2.24. The maximum absolute atomic E-state index is 11.1. The number of imidazole rings is 1. The molecule has 0 aliphatic carbocycles. The van der Waals surface area contributed by atoms with Crippen LogP contribution in [0.2, 0.25) is 0 Å². The van der Waals surface area contributed by atoms with E-state index in [-0.39, 0.29) is 35.3 Å². The molecule has 1 aromatic carbocycles. The van der Waals surface area contributed by atoms with Crippen LogP contribution in [0.25, 0.3) is 0 Å². The molecule has 8 heteroatoms. The summed E-state index contributed by atoms with van der Waals surface area (Å²) in [6.45, 7) is 0. The highest BCUT2D eigenvalue weighted by molar-refractivity contribution is 5.73. The lowest BCUT2D eigenvalue weighted by molar-refractivity contribution is -0.140. The van der Waals surface area contributed by atoms with Crippen LogP contribution >= 0.6 is 0 Å². The molecule has 22 heavy (non-hydrogen) atoms. The number of nitrogens with zero attached hydrogens (tertiary/aromatic N) is 2. The van der Waals surface area contributed by atoms with Gasteiger partial charge in [-0.3, -0.25) is 4.79 Å². The zero-order chi connectivity index (χ0) is 16.3. The van der Waals surface area contributed by atoms with Gasteiger partial charge in [-0.05, 0) is 6.42 Å². The maximum atomic E-state index is 11.1. The normalized spacial score (nSPS) is 10.5. The molecule has 118 valence electrons. The maximum Gasteiger partial charge on any atom is 0.305 e. The topological polar surface area (TPSA) is 119 Å².